The number of rotatable bonds is 2. The Kier molecular flexibility index (Phi) is 4.99. The number of hydrogen-bond acceptors (Lipinski definition) is 1. The van der Waals surface area contributed by atoms with Crippen LogP contribution in [0.15, 0.2) is 12.4 Å². The van der Waals surface area contributed by atoms with Crippen LogP contribution in [0.5, 0.6) is 0 Å². The Hall–Kier alpha value is 0.170. The molecular weight excluding hydrogens is 260 g/mol. The first-order chi connectivity index (χ1) is 4.36. The van der Waals surface area contributed by atoms with Crippen molar-refractivity contribution < 1.29 is 0 Å². The van der Waals surface area contributed by atoms with Crippen molar-refractivity contribution in [3.8, 4) is 0 Å². The smallest absolute Gasteiger partial charge is 0.0530 e. The van der Waals surface area contributed by atoms with Gasteiger partial charge in [0.15, 0.2) is 0 Å². The fourth-order valence-corrected chi connectivity index (χ4v) is 0.938. The lowest BCUT2D eigenvalue weighted by molar-refractivity contribution is 0.659. The molecular formula is C6H10Br2N2. The predicted molar refractivity (Wildman–Crippen MR) is 50.9 cm³/mol. The molecule has 2 nitrogen and oxygen atoms in total. The lowest BCUT2D eigenvalue weighted by atomic mass is 10.4. The van der Waals surface area contributed by atoms with E-state index in [1.54, 1.807) is 0 Å². The van der Waals surface area contributed by atoms with Gasteiger partial charge in [0.1, 0.15) is 0 Å². The molecule has 0 aromatic carbocycles. The Morgan fingerprint density at radius 1 is 1.70 bits per heavy atom. The normalized spacial score (nSPS) is 9.00. The van der Waals surface area contributed by atoms with Gasteiger partial charge in [-0.05, 0) is 6.92 Å². The molecule has 0 radical (unpaired) electrons. The van der Waals surface area contributed by atoms with Crippen LogP contribution < -0.4 is 0 Å². The summed E-state index contributed by atoms with van der Waals surface area (Å²) >= 11 is 3.35. The minimum Gasteiger partial charge on any atom is -0.273 e. The summed E-state index contributed by atoms with van der Waals surface area (Å²) in [5, 5.41) is 4.99. The van der Waals surface area contributed by atoms with Crippen molar-refractivity contribution >= 4 is 32.9 Å². The van der Waals surface area contributed by atoms with Gasteiger partial charge in [0, 0.05) is 23.6 Å². The average molecular weight is 270 g/mol. The highest BCUT2D eigenvalue weighted by Gasteiger charge is 1.91. The molecule has 0 amide bonds. The molecule has 0 atom stereocenters. The lowest BCUT2D eigenvalue weighted by Gasteiger charge is -1.89. The summed E-state index contributed by atoms with van der Waals surface area (Å²) in [5.74, 6) is 0. The first-order valence-corrected chi connectivity index (χ1v) is 4.06. The Balaban J connectivity index is 0.000000810. The van der Waals surface area contributed by atoms with Gasteiger partial charge in [-0.25, -0.2) is 0 Å². The van der Waals surface area contributed by atoms with E-state index in [0.29, 0.717) is 0 Å². The van der Waals surface area contributed by atoms with Crippen LogP contribution >= 0.6 is 32.9 Å². The first-order valence-electron chi connectivity index (χ1n) is 2.94. The summed E-state index contributed by atoms with van der Waals surface area (Å²) in [7, 11) is 0. The van der Waals surface area contributed by atoms with E-state index in [1.165, 1.54) is 5.56 Å². The topological polar surface area (TPSA) is 17.8 Å². The van der Waals surface area contributed by atoms with Gasteiger partial charge in [0.2, 0.25) is 0 Å². The minimum atomic E-state index is 0. The van der Waals surface area contributed by atoms with E-state index in [-0.39, 0.29) is 17.0 Å². The first kappa shape index (κ1) is 10.2. The molecule has 0 bridgehead atoms. The molecule has 0 saturated carbocycles. The van der Waals surface area contributed by atoms with E-state index in [4.69, 9.17) is 0 Å². The standard InChI is InChI=1S/C6H9BrN2.BrH/c1-2-9-5-6(3-7)4-8-9;/h4-5H,2-3H2,1H3;1H. The molecule has 1 aromatic heterocycles. The van der Waals surface area contributed by atoms with Crippen LogP contribution in [0.1, 0.15) is 12.5 Å². The quantitative estimate of drug-likeness (QED) is 0.754. The third-order valence-corrected chi connectivity index (χ3v) is 1.81. The Bertz CT molecular complexity index is 167. The van der Waals surface area contributed by atoms with Gasteiger partial charge in [-0.2, -0.15) is 5.10 Å². The maximum Gasteiger partial charge on any atom is 0.0530 e. The summed E-state index contributed by atoms with van der Waals surface area (Å²) in [6, 6.07) is 0. The van der Waals surface area contributed by atoms with E-state index < -0.39 is 0 Å². The van der Waals surface area contributed by atoms with Crippen LogP contribution in [0.25, 0.3) is 0 Å². The van der Waals surface area contributed by atoms with Gasteiger partial charge in [0.05, 0.1) is 6.20 Å². The molecule has 0 saturated heterocycles. The summed E-state index contributed by atoms with van der Waals surface area (Å²) in [4.78, 5) is 0. The summed E-state index contributed by atoms with van der Waals surface area (Å²) < 4.78 is 1.91. The molecule has 0 fully saturated rings. The van der Waals surface area contributed by atoms with Crippen molar-refractivity contribution in [3.05, 3.63) is 18.0 Å². The maximum atomic E-state index is 4.09. The molecule has 1 aromatic rings. The molecule has 1 heterocycles. The third-order valence-electron chi connectivity index (χ3n) is 1.17. The fourth-order valence-electron chi connectivity index (χ4n) is 0.648. The molecule has 0 unspecified atom stereocenters. The number of alkyl halides is 1. The second-order valence-electron chi connectivity index (χ2n) is 1.84. The van der Waals surface area contributed by atoms with Crippen molar-refractivity contribution in [2.45, 2.75) is 18.8 Å². The zero-order chi connectivity index (χ0) is 6.69. The summed E-state index contributed by atoms with van der Waals surface area (Å²) in [6.07, 6.45) is 3.91. The average Bonchev–Trinajstić information content (AvgIpc) is 2.34. The molecule has 10 heavy (non-hydrogen) atoms. The lowest BCUT2D eigenvalue weighted by Crippen LogP contribution is -1.91. The van der Waals surface area contributed by atoms with Gasteiger partial charge in [-0.1, -0.05) is 15.9 Å². The molecule has 0 aliphatic carbocycles. The SMILES string of the molecule is Br.CCn1cc(CBr)cn1. The molecule has 0 aliphatic rings. The molecule has 0 spiro atoms. The highest BCUT2D eigenvalue weighted by molar-refractivity contribution is 9.08. The van der Waals surface area contributed by atoms with Crippen molar-refractivity contribution in [2.75, 3.05) is 0 Å². The van der Waals surface area contributed by atoms with Crippen LogP contribution in [-0.4, -0.2) is 9.78 Å². The third kappa shape index (κ3) is 2.42. The highest BCUT2D eigenvalue weighted by atomic mass is 79.9. The van der Waals surface area contributed by atoms with Crippen LogP contribution in [0, 0.1) is 0 Å². The monoisotopic (exact) mass is 268 g/mol. The van der Waals surface area contributed by atoms with Crippen LogP contribution in [-0.2, 0) is 11.9 Å². The van der Waals surface area contributed by atoms with E-state index in [0.717, 1.165) is 11.9 Å². The van der Waals surface area contributed by atoms with Gasteiger partial charge < -0.3 is 0 Å². The van der Waals surface area contributed by atoms with Crippen molar-refractivity contribution in [1.82, 2.24) is 9.78 Å². The van der Waals surface area contributed by atoms with Crippen LogP contribution in [0.3, 0.4) is 0 Å². The van der Waals surface area contributed by atoms with Gasteiger partial charge in [-0.15, -0.1) is 17.0 Å². The number of aryl methyl sites for hydroxylation is 1. The molecule has 1 rings (SSSR count). The van der Waals surface area contributed by atoms with Crippen molar-refractivity contribution in [1.29, 1.82) is 0 Å². The van der Waals surface area contributed by atoms with Crippen molar-refractivity contribution in [2.24, 2.45) is 0 Å². The number of aromatic nitrogens is 2. The van der Waals surface area contributed by atoms with E-state index in [9.17, 15) is 0 Å². The van der Waals surface area contributed by atoms with Crippen molar-refractivity contribution in [3.63, 3.8) is 0 Å². The minimum absolute atomic E-state index is 0. The van der Waals surface area contributed by atoms with E-state index in [2.05, 4.69) is 28.0 Å². The zero-order valence-electron chi connectivity index (χ0n) is 5.75. The maximum absolute atomic E-state index is 4.09. The molecule has 0 aliphatic heterocycles. The van der Waals surface area contributed by atoms with Crippen LogP contribution in [0.2, 0.25) is 0 Å². The number of hydrogen-bond donors (Lipinski definition) is 0. The van der Waals surface area contributed by atoms with E-state index >= 15 is 0 Å². The zero-order valence-corrected chi connectivity index (χ0v) is 9.05. The Morgan fingerprint density at radius 2 is 2.40 bits per heavy atom. The number of nitrogens with zero attached hydrogens (tertiary/aromatic N) is 2. The second kappa shape index (κ2) is 4.91. The fraction of sp³-hybridized carbons (Fsp3) is 0.500. The largest absolute Gasteiger partial charge is 0.273 e. The molecule has 58 valence electrons. The summed E-state index contributed by atoms with van der Waals surface area (Å²) in [6.45, 7) is 3.03. The second-order valence-corrected chi connectivity index (χ2v) is 2.40. The Morgan fingerprint density at radius 3 is 2.70 bits per heavy atom. The van der Waals surface area contributed by atoms with Gasteiger partial charge >= 0.3 is 0 Å². The van der Waals surface area contributed by atoms with Crippen LogP contribution in [0.4, 0.5) is 0 Å². The Labute approximate surface area is 79.5 Å². The van der Waals surface area contributed by atoms with E-state index in [1.807, 2.05) is 17.1 Å². The molecule has 4 heteroatoms. The predicted octanol–water partition coefficient (Wildman–Crippen LogP) is 2.38. The number of halogens is 2. The highest BCUT2D eigenvalue weighted by Crippen LogP contribution is 2.02. The van der Waals surface area contributed by atoms with Gasteiger partial charge in [0.25, 0.3) is 0 Å². The molecule has 0 N–H and O–H groups in total. The summed E-state index contributed by atoms with van der Waals surface area (Å²) in [5.41, 5.74) is 1.23. The van der Waals surface area contributed by atoms with Gasteiger partial charge in [-0.3, -0.25) is 4.68 Å².